The summed E-state index contributed by atoms with van der Waals surface area (Å²) in [6.45, 7) is 1.89. The maximum absolute atomic E-state index is 12.3. The molecule has 0 radical (unpaired) electrons. The summed E-state index contributed by atoms with van der Waals surface area (Å²) in [7, 11) is 1.34. The molecule has 1 heterocycles. The molecule has 0 fully saturated rings. The standard InChI is InChI=1S/C28H24ClNO3/c1-3-28(32,25-10-5-4-9-24(25)27(31)33-2)21-8-6-7-19(17-21)11-15-23-16-13-20-12-14-22(29)18-26(20)30-23/h4-18,32H,3H2,1-2H3/t28-/m0/s1. The van der Waals surface area contributed by atoms with Crippen LogP contribution in [-0.4, -0.2) is 23.2 Å². The molecule has 1 aromatic heterocycles. The van der Waals surface area contributed by atoms with Gasteiger partial charge in [0.2, 0.25) is 0 Å². The minimum absolute atomic E-state index is 0.351. The molecule has 33 heavy (non-hydrogen) atoms. The van der Waals surface area contributed by atoms with E-state index in [1.54, 1.807) is 18.2 Å². The van der Waals surface area contributed by atoms with Crippen LogP contribution < -0.4 is 0 Å². The first-order valence-electron chi connectivity index (χ1n) is 10.7. The molecule has 0 spiro atoms. The molecule has 0 saturated heterocycles. The van der Waals surface area contributed by atoms with Crippen molar-refractivity contribution in [1.29, 1.82) is 0 Å². The van der Waals surface area contributed by atoms with Crippen LogP contribution in [0, 0.1) is 0 Å². The molecule has 0 unspecified atom stereocenters. The van der Waals surface area contributed by atoms with Crippen LogP contribution in [0.5, 0.6) is 0 Å². The average molecular weight is 458 g/mol. The Kier molecular flexibility index (Phi) is 6.59. The van der Waals surface area contributed by atoms with Crippen molar-refractivity contribution in [1.82, 2.24) is 4.98 Å². The number of pyridine rings is 1. The number of aromatic nitrogens is 1. The zero-order chi connectivity index (χ0) is 23.4. The van der Waals surface area contributed by atoms with Gasteiger partial charge in [0.15, 0.2) is 0 Å². The van der Waals surface area contributed by atoms with Crippen molar-refractivity contribution < 1.29 is 14.6 Å². The van der Waals surface area contributed by atoms with Gasteiger partial charge in [-0.05, 0) is 54.0 Å². The largest absolute Gasteiger partial charge is 0.465 e. The quantitative estimate of drug-likeness (QED) is 0.336. The first kappa shape index (κ1) is 22.7. The van der Waals surface area contributed by atoms with Gasteiger partial charge in [-0.2, -0.15) is 0 Å². The van der Waals surface area contributed by atoms with Gasteiger partial charge in [-0.1, -0.05) is 73.1 Å². The Hall–Kier alpha value is -3.47. The minimum atomic E-state index is -1.34. The van der Waals surface area contributed by atoms with E-state index in [2.05, 4.69) is 4.98 Å². The lowest BCUT2D eigenvalue weighted by Gasteiger charge is -2.30. The maximum atomic E-state index is 12.3. The lowest BCUT2D eigenvalue weighted by atomic mass is 9.81. The van der Waals surface area contributed by atoms with Crippen molar-refractivity contribution in [3.8, 4) is 0 Å². The fourth-order valence-corrected chi connectivity index (χ4v) is 4.13. The smallest absolute Gasteiger partial charge is 0.338 e. The Labute approximate surface area is 198 Å². The molecule has 0 aliphatic carbocycles. The second kappa shape index (κ2) is 9.57. The number of nitrogens with zero attached hydrogens (tertiary/aromatic N) is 1. The van der Waals surface area contributed by atoms with E-state index in [-0.39, 0.29) is 0 Å². The predicted octanol–water partition coefficient (Wildman–Crippen LogP) is 6.49. The number of carbonyl (C=O) groups excluding carboxylic acids is 1. The highest BCUT2D eigenvalue weighted by Gasteiger charge is 2.33. The van der Waals surface area contributed by atoms with Crippen molar-refractivity contribution in [2.24, 2.45) is 0 Å². The fourth-order valence-electron chi connectivity index (χ4n) is 3.96. The fraction of sp³-hybridized carbons (Fsp3) is 0.143. The SMILES string of the molecule is CC[C@](O)(c1cccc(C=Cc2ccc3ccc(Cl)cc3n2)c1)c1ccccc1C(=O)OC. The van der Waals surface area contributed by atoms with Gasteiger partial charge in [0, 0.05) is 16.0 Å². The first-order valence-corrected chi connectivity index (χ1v) is 11.1. The van der Waals surface area contributed by atoms with E-state index < -0.39 is 11.6 Å². The number of halogens is 1. The number of fused-ring (bicyclic) bond motifs is 1. The second-order valence-electron chi connectivity index (χ2n) is 7.78. The minimum Gasteiger partial charge on any atom is -0.465 e. The number of aliphatic hydroxyl groups is 1. The number of carbonyl (C=O) groups is 1. The molecular formula is C28H24ClNO3. The monoisotopic (exact) mass is 457 g/mol. The molecule has 0 saturated carbocycles. The number of rotatable bonds is 6. The molecule has 0 bridgehead atoms. The van der Waals surface area contributed by atoms with Crippen LogP contribution >= 0.6 is 11.6 Å². The van der Waals surface area contributed by atoms with Gasteiger partial charge in [0.05, 0.1) is 23.9 Å². The highest BCUT2D eigenvalue weighted by Crippen LogP contribution is 2.36. The number of benzene rings is 3. The van der Waals surface area contributed by atoms with Crippen molar-refractivity contribution in [2.45, 2.75) is 18.9 Å². The molecule has 1 atom stereocenters. The molecule has 0 aliphatic heterocycles. The summed E-state index contributed by atoms with van der Waals surface area (Å²) < 4.78 is 4.93. The normalized spacial score (nSPS) is 13.2. The number of esters is 1. The third-order valence-corrected chi connectivity index (χ3v) is 6.01. The van der Waals surface area contributed by atoms with Gasteiger partial charge < -0.3 is 9.84 Å². The molecule has 0 amide bonds. The summed E-state index contributed by atoms with van der Waals surface area (Å²) in [5, 5.41) is 13.4. The number of methoxy groups -OCH3 is 1. The van der Waals surface area contributed by atoms with E-state index in [9.17, 15) is 9.90 Å². The summed E-state index contributed by atoms with van der Waals surface area (Å²) in [6.07, 6.45) is 4.26. The molecule has 3 aromatic carbocycles. The second-order valence-corrected chi connectivity index (χ2v) is 8.22. The van der Waals surface area contributed by atoms with Crippen molar-refractivity contribution in [3.63, 3.8) is 0 Å². The van der Waals surface area contributed by atoms with Gasteiger partial charge in [0.1, 0.15) is 5.60 Å². The summed E-state index contributed by atoms with van der Waals surface area (Å²) >= 11 is 6.10. The molecule has 0 aliphatic rings. The van der Waals surface area contributed by atoms with Crippen LogP contribution in [0.4, 0.5) is 0 Å². The Balaban J connectivity index is 1.69. The van der Waals surface area contributed by atoms with E-state index in [1.165, 1.54) is 7.11 Å². The van der Waals surface area contributed by atoms with Crippen molar-refractivity contribution >= 4 is 40.6 Å². The highest BCUT2D eigenvalue weighted by molar-refractivity contribution is 6.31. The number of ether oxygens (including phenoxy) is 1. The van der Waals surface area contributed by atoms with Gasteiger partial charge >= 0.3 is 5.97 Å². The molecule has 4 aromatic rings. The highest BCUT2D eigenvalue weighted by atomic mass is 35.5. The zero-order valence-electron chi connectivity index (χ0n) is 18.5. The molecule has 166 valence electrons. The Morgan fingerprint density at radius 2 is 1.82 bits per heavy atom. The van der Waals surface area contributed by atoms with E-state index in [0.29, 0.717) is 28.1 Å². The topological polar surface area (TPSA) is 59.4 Å². The van der Waals surface area contributed by atoms with E-state index >= 15 is 0 Å². The van der Waals surface area contributed by atoms with Gasteiger partial charge in [0.25, 0.3) is 0 Å². The molecule has 4 nitrogen and oxygen atoms in total. The van der Waals surface area contributed by atoms with Crippen LogP contribution in [0.2, 0.25) is 5.02 Å². The molecular weight excluding hydrogens is 434 g/mol. The van der Waals surface area contributed by atoms with Crippen molar-refractivity contribution in [3.05, 3.63) is 112 Å². The van der Waals surface area contributed by atoms with E-state index in [0.717, 1.165) is 22.2 Å². The van der Waals surface area contributed by atoms with E-state index in [4.69, 9.17) is 16.3 Å². The predicted molar refractivity (Wildman–Crippen MR) is 133 cm³/mol. The molecule has 5 heteroatoms. The van der Waals surface area contributed by atoms with Crippen molar-refractivity contribution in [2.75, 3.05) is 7.11 Å². The van der Waals surface area contributed by atoms with Gasteiger partial charge in [-0.25, -0.2) is 9.78 Å². The lowest BCUT2D eigenvalue weighted by molar-refractivity contribution is 0.0552. The Morgan fingerprint density at radius 1 is 1.03 bits per heavy atom. The van der Waals surface area contributed by atoms with Crippen LogP contribution in [-0.2, 0) is 10.3 Å². The van der Waals surface area contributed by atoms with Crippen LogP contribution in [0.3, 0.4) is 0 Å². The third kappa shape index (κ3) is 4.68. The Bertz CT molecular complexity index is 1350. The lowest BCUT2D eigenvalue weighted by Crippen LogP contribution is -2.29. The Morgan fingerprint density at radius 3 is 2.61 bits per heavy atom. The summed E-state index contributed by atoms with van der Waals surface area (Å²) in [4.78, 5) is 17.0. The number of hydrogen-bond acceptors (Lipinski definition) is 4. The number of hydrogen-bond donors (Lipinski definition) is 1. The first-order chi connectivity index (χ1) is 15.9. The summed E-state index contributed by atoms with van der Waals surface area (Å²) in [5.74, 6) is -0.476. The summed E-state index contributed by atoms with van der Waals surface area (Å²) in [5.41, 5.74) is 2.77. The van der Waals surface area contributed by atoms with Gasteiger partial charge in [-0.3, -0.25) is 0 Å². The molecule has 1 N–H and O–H groups in total. The average Bonchev–Trinajstić information content (AvgIpc) is 2.86. The van der Waals surface area contributed by atoms with Crippen LogP contribution in [0.25, 0.3) is 23.1 Å². The van der Waals surface area contributed by atoms with E-state index in [1.807, 2.05) is 79.7 Å². The summed E-state index contributed by atoms with van der Waals surface area (Å²) in [6, 6.07) is 24.2. The van der Waals surface area contributed by atoms with Gasteiger partial charge in [-0.15, -0.1) is 0 Å². The maximum Gasteiger partial charge on any atom is 0.338 e. The third-order valence-electron chi connectivity index (χ3n) is 5.78. The van der Waals surface area contributed by atoms with Crippen LogP contribution in [0.15, 0.2) is 78.9 Å². The molecule has 4 rings (SSSR count). The zero-order valence-corrected chi connectivity index (χ0v) is 19.2. The van der Waals surface area contributed by atoms with Crippen LogP contribution in [0.1, 0.15) is 46.1 Å².